The van der Waals surface area contributed by atoms with Crippen molar-refractivity contribution in [2.45, 2.75) is 26.9 Å². The van der Waals surface area contributed by atoms with Crippen molar-refractivity contribution >= 4 is 40.3 Å². The molecule has 4 nitrogen and oxygen atoms in total. The van der Waals surface area contributed by atoms with E-state index in [9.17, 15) is 4.79 Å². The van der Waals surface area contributed by atoms with Crippen LogP contribution in [0.4, 0.5) is 4.79 Å². The van der Waals surface area contributed by atoms with E-state index in [1.807, 2.05) is 31.2 Å². The minimum atomic E-state index is -0.758. The average Bonchev–Trinajstić information content (AvgIpc) is 2.56. The Balaban J connectivity index is 2.26. The van der Waals surface area contributed by atoms with Gasteiger partial charge in [-0.15, -0.1) is 0 Å². The lowest BCUT2D eigenvalue weighted by Crippen LogP contribution is -2.11. The van der Waals surface area contributed by atoms with Gasteiger partial charge >= 0.3 is 6.16 Å². The highest BCUT2D eigenvalue weighted by atomic mass is 127. The van der Waals surface area contributed by atoms with Crippen LogP contribution >= 0.6 is 34.2 Å². The molecule has 0 aromatic heterocycles. The minimum absolute atomic E-state index is 0.262. The second-order valence-corrected chi connectivity index (χ2v) is 6.69. The molecule has 0 aliphatic carbocycles. The lowest BCUT2D eigenvalue weighted by molar-refractivity contribution is 0.120. The monoisotopic (exact) mass is 460 g/mol. The standard InChI is InChI=1S/C18H18ClIO4/c1-4-12-8-11(2)14(19)9-17(12)23-10-13-15(20)6-5-7-16(13)24-18(21)22-3/h5-9H,4,10H2,1-3H3. The Morgan fingerprint density at radius 2 is 2.00 bits per heavy atom. The smallest absolute Gasteiger partial charge is 0.488 e. The molecule has 128 valence electrons. The highest BCUT2D eigenvalue weighted by Gasteiger charge is 2.14. The summed E-state index contributed by atoms with van der Waals surface area (Å²) < 4.78 is 16.6. The zero-order chi connectivity index (χ0) is 17.7. The minimum Gasteiger partial charge on any atom is -0.488 e. The molecule has 0 amide bonds. The van der Waals surface area contributed by atoms with Gasteiger partial charge < -0.3 is 14.2 Å². The molecule has 0 aliphatic heterocycles. The van der Waals surface area contributed by atoms with Crippen LogP contribution in [0.2, 0.25) is 5.02 Å². The molecule has 0 fully saturated rings. The number of halogens is 2. The number of ether oxygens (including phenoxy) is 3. The van der Waals surface area contributed by atoms with Crippen LogP contribution in [0.15, 0.2) is 30.3 Å². The van der Waals surface area contributed by atoms with E-state index in [1.54, 1.807) is 6.07 Å². The number of rotatable bonds is 5. The molecule has 0 bridgehead atoms. The van der Waals surface area contributed by atoms with E-state index < -0.39 is 6.16 Å². The summed E-state index contributed by atoms with van der Waals surface area (Å²) in [5, 5.41) is 0.663. The third kappa shape index (κ3) is 4.54. The molecule has 24 heavy (non-hydrogen) atoms. The van der Waals surface area contributed by atoms with Crippen LogP contribution < -0.4 is 9.47 Å². The van der Waals surface area contributed by atoms with Gasteiger partial charge in [-0.3, -0.25) is 0 Å². The molecule has 0 saturated carbocycles. The Morgan fingerprint density at radius 1 is 1.25 bits per heavy atom. The summed E-state index contributed by atoms with van der Waals surface area (Å²) in [7, 11) is 1.27. The molecule has 0 aliphatic rings. The number of benzene rings is 2. The van der Waals surface area contributed by atoms with Crippen molar-refractivity contribution in [2.24, 2.45) is 0 Å². The van der Waals surface area contributed by atoms with Crippen LogP contribution in [0.1, 0.15) is 23.6 Å². The maximum atomic E-state index is 11.4. The molecule has 0 N–H and O–H groups in total. The number of methoxy groups -OCH3 is 1. The van der Waals surface area contributed by atoms with Gasteiger partial charge in [0.2, 0.25) is 0 Å². The molecule has 0 radical (unpaired) electrons. The molecule has 0 spiro atoms. The van der Waals surface area contributed by atoms with Crippen molar-refractivity contribution < 1.29 is 19.0 Å². The van der Waals surface area contributed by atoms with E-state index >= 15 is 0 Å². The van der Waals surface area contributed by atoms with Gasteiger partial charge in [-0.2, -0.15) is 0 Å². The molecule has 2 rings (SSSR count). The summed E-state index contributed by atoms with van der Waals surface area (Å²) in [6, 6.07) is 9.29. The van der Waals surface area contributed by atoms with Gasteiger partial charge in [0.05, 0.1) is 7.11 Å². The van der Waals surface area contributed by atoms with E-state index in [2.05, 4.69) is 34.3 Å². The SMILES string of the molecule is CCc1cc(C)c(Cl)cc1OCc1c(I)cccc1OC(=O)OC. The van der Waals surface area contributed by atoms with Crippen molar-refractivity contribution in [3.8, 4) is 11.5 Å². The average molecular weight is 461 g/mol. The lowest BCUT2D eigenvalue weighted by Gasteiger charge is -2.15. The van der Waals surface area contributed by atoms with Gasteiger partial charge in [0.1, 0.15) is 18.1 Å². The van der Waals surface area contributed by atoms with Crippen molar-refractivity contribution in [1.29, 1.82) is 0 Å². The second kappa shape index (κ2) is 8.58. The third-order valence-corrected chi connectivity index (χ3v) is 4.95. The Morgan fingerprint density at radius 3 is 2.67 bits per heavy atom. The fourth-order valence-corrected chi connectivity index (χ4v) is 2.97. The quantitative estimate of drug-likeness (QED) is 0.334. The fourth-order valence-electron chi connectivity index (χ4n) is 2.19. The first-order valence-electron chi connectivity index (χ1n) is 7.41. The van der Waals surface area contributed by atoms with Gasteiger partial charge in [0.25, 0.3) is 0 Å². The zero-order valence-electron chi connectivity index (χ0n) is 13.7. The summed E-state index contributed by atoms with van der Waals surface area (Å²) >= 11 is 8.39. The molecule has 2 aromatic rings. The summed E-state index contributed by atoms with van der Waals surface area (Å²) in [5.41, 5.74) is 2.88. The second-order valence-electron chi connectivity index (χ2n) is 5.12. The first-order valence-corrected chi connectivity index (χ1v) is 8.87. The van der Waals surface area contributed by atoms with Gasteiger partial charge in [-0.1, -0.05) is 30.7 Å². The van der Waals surface area contributed by atoms with Crippen molar-refractivity contribution in [1.82, 2.24) is 0 Å². The number of carbonyl (C=O) groups is 1. The van der Waals surface area contributed by atoms with E-state index in [-0.39, 0.29) is 6.61 Å². The van der Waals surface area contributed by atoms with Crippen LogP contribution in [-0.4, -0.2) is 13.3 Å². The van der Waals surface area contributed by atoms with Crippen LogP contribution in [0, 0.1) is 10.5 Å². The first-order chi connectivity index (χ1) is 11.5. The van der Waals surface area contributed by atoms with Gasteiger partial charge in [0.15, 0.2) is 0 Å². The van der Waals surface area contributed by atoms with E-state index in [1.165, 1.54) is 7.11 Å². The van der Waals surface area contributed by atoms with Crippen LogP contribution in [0.5, 0.6) is 11.5 Å². The predicted octanol–water partition coefficient (Wildman–Crippen LogP) is 5.54. The van der Waals surface area contributed by atoms with Crippen LogP contribution in [0.25, 0.3) is 0 Å². The Bertz CT molecular complexity index is 746. The van der Waals surface area contributed by atoms with E-state index in [4.69, 9.17) is 21.1 Å². The van der Waals surface area contributed by atoms with Crippen LogP contribution in [0.3, 0.4) is 0 Å². The molecule has 0 atom stereocenters. The Hall–Kier alpha value is -1.47. The van der Waals surface area contributed by atoms with Crippen molar-refractivity contribution in [2.75, 3.05) is 7.11 Å². The maximum absolute atomic E-state index is 11.4. The Kier molecular flexibility index (Phi) is 6.74. The van der Waals surface area contributed by atoms with Crippen molar-refractivity contribution in [3.05, 3.63) is 55.6 Å². The number of carbonyl (C=O) groups excluding carboxylic acids is 1. The fraction of sp³-hybridized carbons (Fsp3) is 0.278. The van der Waals surface area contributed by atoms with E-state index in [0.717, 1.165) is 32.4 Å². The topological polar surface area (TPSA) is 44.8 Å². The van der Waals surface area contributed by atoms with Gasteiger partial charge in [-0.05, 0) is 65.3 Å². The number of hydrogen-bond acceptors (Lipinski definition) is 4. The van der Waals surface area contributed by atoms with E-state index in [0.29, 0.717) is 10.8 Å². The van der Waals surface area contributed by atoms with Gasteiger partial charge in [-0.25, -0.2) is 4.79 Å². The number of hydrogen-bond donors (Lipinski definition) is 0. The normalized spacial score (nSPS) is 10.4. The highest BCUT2D eigenvalue weighted by molar-refractivity contribution is 14.1. The molecule has 0 heterocycles. The molecule has 0 saturated heterocycles. The molecule has 2 aromatic carbocycles. The zero-order valence-corrected chi connectivity index (χ0v) is 16.6. The predicted molar refractivity (Wildman–Crippen MR) is 102 cm³/mol. The van der Waals surface area contributed by atoms with Gasteiger partial charge in [0, 0.05) is 14.2 Å². The highest BCUT2D eigenvalue weighted by Crippen LogP contribution is 2.30. The maximum Gasteiger partial charge on any atom is 0.513 e. The molecule has 6 heteroatoms. The van der Waals surface area contributed by atoms with Crippen LogP contribution in [-0.2, 0) is 17.8 Å². The Labute approximate surface area is 160 Å². The first kappa shape index (κ1) is 18.9. The lowest BCUT2D eigenvalue weighted by atomic mass is 10.1. The summed E-state index contributed by atoms with van der Waals surface area (Å²) in [6.45, 7) is 4.29. The number of aryl methyl sites for hydroxylation is 2. The summed E-state index contributed by atoms with van der Waals surface area (Å²) in [4.78, 5) is 11.4. The summed E-state index contributed by atoms with van der Waals surface area (Å²) in [6.07, 6.45) is 0.0796. The molecule has 0 unspecified atom stereocenters. The summed E-state index contributed by atoms with van der Waals surface area (Å²) in [5.74, 6) is 1.15. The third-order valence-electron chi connectivity index (χ3n) is 3.53. The molecular weight excluding hydrogens is 443 g/mol. The largest absolute Gasteiger partial charge is 0.513 e. The molecular formula is C18H18ClIO4. The van der Waals surface area contributed by atoms with Crippen molar-refractivity contribution in [3.63, 3.8) is 0 Å².